The number of carbonyl (C=O) groups excluding carboxylic acids is 1. The third-order valence-corrected chi connectivity index (χ3v) is 4.07. The number of thiophene rings is 1. The van der Waals surface area contributed by atoms with E-state index in [-0.39, 0.29) is 18.6 Å². The smallest absolute Gasteiger partial charge is 0.263 e. The molecule has 0 spiro atoms. The number of fused-ring (bicyclic) bond motifs is 1. The van der Waals surface area contributed by atoms with Crippen LogP contribution in [0, 0.1) is 0 Å². The van der Waals surface area contributed by atoms with Gasteiger partial charge in [-0.3, -0.25) is 4.79 Å². The molecule has 0 aliphatic heterocycles. The highest BCUT2D eigenvalue weighted by Crippen LogP contribution is 2.34. The van der Waals surface area contributed by atoms with E-state index in [9.17, 15) is 4.79 Å². The first-order valence-electron chi connectivity index (χ1n) is 5.22. The molecule has 0 fully saturated rings. The molecule has 0 radical (unpaired) electrons. The normalized spacial score (nSPS) is 12.6. The predicted molar refractivity (Wildman–Crippen MR) is 70.8 cm³/mol. The fraction of sp³-hybridized carbons (Fsp3) is 0.250. The molecule has 0 unspecified atom stereocenters. The summed E-state index contributed by atoms with van der Waals surface area (Å²) in [6, 6.07) is 7.34. The van der Waals surface area contributed by atoms with E-state index in [0.29, 0.717) is 9.90 Å². The van der Waals surface area contributed by atoms with Gasteiger partial charge in [0.15, 0.2) is 0 Å². The van der Waals surface area contributed by atoms with Crippen molar-refractivity contribution in [3.05, 3.63) is 34.2 Å². The average molecular weight is 270 g/mol. The predicted octanol–water partition coefficient (Wildman–Crippen LogP) is 2.67. The zero-order valence-corrected chi connectivity index (χ0v) is 10.8. The first-order valence-corrected chi connectivity index (χ1v) is 6.41. The van der Waals surface area contributed by atoms with Gasteiger partial charge >= 0.3 is 0 Å². The van der Waals surface area contributed by atoms with Crippen LogP contribution in [0.25, 0.3) is 10.1 Å². The Labute approximate surface area is 108 Å². The second-order valence-electron chi connectivity index (χ2n) is 3.80. The average Bonchev–Trinajstić information content (AvgIpc) is 2.67. The first kappa shape index (κ1) is 12.4. The highest BCUT2D eigenvalue weighted by Gasteiger charge is 2.17. The highest BCUT2D eigenvalue weighted by atomic mass is 35.5. The van der Waals surface area contributed by atoms with Gasteiger partial charge in [-0.1, -0.05) is 29.8 Å². The monoisotopic (exact) mass is 269 g/mol. The lowest BCUT2D eigenvalue weighted by atomic mass is 10.2. The Morgan fingerprint density at radius 2 is 2.24 bits per heavy atom. The number of rotatable bonds is 3. The maximum atomic E-state index is 11.9. The number of hydrogen-bond acceptors (Lipinski definition) is 3. The van der Waals surface area contributed by atoms with Crippen molar-refractivity contribution in [1.82, 2.24) is 5.32 Å². The van der Waals surface area contributed by atoms with Gasteiger partial charge < -0.3 is 10.4 Å². The van der Waals surface area contributed by atoms with Crippen LogP contribution in [0.5, 0.6) is 0 Å². The third kappa shape index (κ3) is 2.44. The molecule has 17 heavy (non-hydrogen) atoms. The number of aliphatic hydroxyl groups excluding tert-OH is 1. The Hall–Kier alpha value is -1.10. The minimum absolute atomic E-state index is 0.0890. The van der Waals surface area contributed by atoms with Gasteiger partial charge in [0.2, 0.25) is 0 Å². The van der Waals surface area contributed by atoms with Gasteiger partial charge in [-0.15, -0.1) is 11.3 Å². The van der Waals surface area contributed by atoms with Crippen molar-refractivity contribution in [2.75, 3.05) is 6.61 Å². The van der Waals surface area contributed by atoms with E-state index in [1.807, 2.05) is 24.3 Å². The number of amides is 1. The van der Waals surface area contributed by atoms with Crippen LogP contribution >= 0.6 is 22.9 Å². The topological polar surface area (TPSA) is 49.3 Å². The van der Waals surface area contributed by atoms with Crippen LogP contribution in [0.3, 0.4) is 0 Å². The summed E-state index contributed by atoms with van der Waals surface area (Å²) in [5.41, 5.74) is 0. The van der Waals surface area contributed by atoms with Crippen molar-refractivity contribution in [2.45, 2.75) is 13.0 Å². The van der Waals surface area contributed by atoms with Crippen LogP contribution in [0.15, 0.2) is 24.3 Å². The van der Waals surface area contributed by atoms with E-state index in [0.717, 1.165) is 10.1 Å². The van der Waals surface area contributed by atoms with Gasteiger partial charge in [-0.05, 0) is 13.0 Å². The second-order valence-corrected chi connectivity index (χ2v) is 5.23. The van der Waals surface area contributed by atoms with Gasteiger partial charge in [-0.25, -0.2) is 0 Å². The molecule has 90 valence electrons. The van der Waals surface area contributed by atoms with Crippen LogP contribution in [0.4, 0.5) is 0 Å². The molecule has 2 aromatic rings. The minimum atomic E-state index is -0.274. The summed E-state index contributed by atoms with van der Waals surface area (Å²) in [7, 11) is 0. The van der Waals surface area contributed by atoms with E-state index in [4.69, 9.17) is 16.7 Å². The summed E-state index contributed by atoms with van der Waals surface area (Å²) in [6.45, 7) is 1.65. The summed E-state index contributed by atoms with van der Waals surface area (Å²) < 4.78 is 0.985. The summed E-state index contributed by atoms with van der Waals surface area (Å²) in [6.07, 6.45) is 0. The molecule has 5 heteroatoms. The SMILES string of the molecule is C[C@H](CO)NC(=O)c1sc2ccccc2c1Cl. The van der Waals surface area contributed by atoms with Gasteiger partial charge in [0.05, 0.1) is 11.6 Å². The number of hydrogen-bond donors (Lipinski definition) is 2. The fourth-order valence-corrected chi connectivity index (χ4v) is 2.92. The molecule has 2 rings (SSSR count). The molecule has 0 bridgehead atoms. The number of benzene rings is 1. The first-order chi connectivity index (χ1) is 8.13. The third-order valence-electron chi connectivity index (χ3n) is 2.39. The Morgan fingerprint density at radius 1 is 1.53 bits per heavy atom. The molecular weight excluding hydrogens is 258 g/mol. The minimum Gasteiger partial charge on any atom is -0.394 e. The van der Waals surface area contributed by atoms with Gasteiger partial charge in [0, 0.05) is 16.1 Å². The molecule has 0 aliphatic carbocycles. The molecule has 1 atom stereocenters. The lowest BCUT2D eigenvalue weighted by molar-refractivity contribution is 0.0926. The maximum Gasteiger partial charge on any atom is 0.263 e. The summed E-state index contributed by atoms with van der Waals surface area (Å²) in [5, 5.41) is 12.9. The number of nitrogens with one attached hydrogen (secondary N) is 1. The van der Waals surface area contributed by atoms with Crippen molar-refractivity contribution < 1.29 is 9.90 Å². The van der Waals surface area contributed by atoms with E-state index in [1.165, 1.54) is 11.3 Å². The quantitative estimate of drug-likeness (QED) is 0.900. The lowest BCUT2D eigenvalue weighted by Gasteiger charge is -2.09. The molecule has 0 saturated heterocycles. The number of aliphatic hydroxyl groups is 1. The molecule has 1 aromatic carbocycles. The van der Waals surface area contributed by atoms with Crippen LogP contribution in [-0.4, -0.2) is 23.7 Å². The molecule has 1 heterocycles. The van der Waals surface area contributed by atoms with Gasteiger partial charge in [-0.2, -0.15) is 0 Å². The molecular formula is C12H12ClNO2S. The Kier molecular flexibility index (Phi) is 3.66. The zero-order valence-electron chi connectivity index (χ0n) is 9.24. The lowest BCUT2D eigenvalue weighted by Crippen LogP contribution is -2.34. The Morgan fingerprint density at radius 3 is 2.88 bits per heavy atom. The van der Waals surface area contributed by atoms with Crippen molar-refractivity contribution in [2.24, 2.45) is 0 Å². The summed E-state index contributed by atoms with van der Waals surface area (Å²) in [4.78, 5) is 12.4. The van der Waals surface area contributed by atoms with Crippen LogP contribution < -0.4 is 5.32 Å². The molecule has 1 amide bonds. The van der Waals surface area contributed by atoms with Gasteiger partial charge in [0.25, 0.3) is 5.91 Å². The standard InChI is InChI=1S/C12H12ClNO2S/c1-7(6-15)14-12(16)11-10(13)8-4-2-3-5-9(8)17-11/h2-5,7,15H,6H2,1H3,(H,14,16)/t7-/m1/s1. The van der Waals surface area contributed by atoms with E-state index in [1.54, 1.807) is 6.92 Å². The summed E-state index contributed by atoms with van der Waals surface area (Å²) in [5.74, 6) is -0.238. The molecule has 0 saturated carbocycles. The van der Waals surface area contributed by atoms with Crippen LogP contribution in [-0.2, 0) is 0 Å². The van der Waals surface area contributed by atoms with Crippen molar-refractivity contribution in [3.8, 4) is 0 Å². The van der Waals surface area contributed by atoms with E-state index >= 15 is 0 Å². The van der Waals surface area contributed by atoms with Gasteiger partial charge in [0.1, 0.15) is 4.88 Å². The largest absolute Gasteiger partial charge is 0.394 e. The maximum absolute atomic E-state index is 11.9. The number of halogens is 1. The molecule has 0 aliphatic rings. The molecule has 1 aromatic heterocycles. The Balaban J connectivity index is 2.35. The highest BCUT2D eigenvalue weighted by molar-refractivity contribution is 7.21. The van der Waals surface area contributed by atoms with E-state index < -0.39 is 0 Å². The van der Waals surface area contributed by atoms with Crippen LogP contribution in [0.1, 0.15) is 16.6 Å². The molecule has 2 N–H and O–H groups in total. The van der Waals surface area contributed by atoms with E-state index in [2.05, 4.69) is 5.32 Å². The zero-order chi connectivity index (χ0) is 12.4. The Bertz CT molecular complexity index is 552. The second kappa shape index (κ2) is 5.04. The van der Waals surface area contributed by atoms with Crippen molar-refractivity contribution in [3.63, 3.8) is 0 Å². The van der Waals surface area contributed by atoms with Crippen molar-refractivity contribution >= 4 is 38.9 Å². The molecule has 3 nitrogen and oxygen atoms in total. The van der Waals surface area contributed by atoms with Crippen molar-refractivity contribution in [1.29, 1.82) is 0 Å². The number of carbonyl (C=O) groups is 1. The fourth-order valence-electron chi connectivity index (χ4n) is 1.50. The summed E-state index contributed by atoms with van der Waals surface area (Å²) >= 11 is 7.52. The van der Waals surface area contributed by atoms with Crippen LogP contribution in [0.2, 0.25) is 5.02 Å².